The SMILES string of the molecule is CCC1(CNS(=O)(=O)c2c(C)cc(N)cc2C)CCC1. The lowest BCUT2D eigenvalue weighted by atomic mass is 9.67. The van der Waals surface area contributed by atoms with Gasteiger partial charge in [-0.25, -0.2) is 13.1 Å². The van der Waals surface area contributed by atoms with Gasteiger partial charge in [-0.2, -0.15) is 0 Å². The van der Waals surface area contributed by atoms with Crippen molar-refractivity contribution in [2.24, 2.45) is 5.41 Å². The molecule has 3 N–H and O–H groups in total. The second-order valence-electron chi connectivity index (χ2n) is 6.02. The zero-order valence-corrected chi connectivity index (χ0v) is 13.3. The van der Waals surface area contributed by atoms with E-state index in [1.165, 1.54) is 6.42 Å². The van der Waals surface area contributed by atoms with Crippen LogP contribution in [0.2, 0.25) is 0 Å². The summed E-state index contributed by atoms with van der Waals surface area (Å²) in [4.78, 5) is 0.372. The predicted octanol–water partition coefficient (Wildman–Crippen LogP) is 2.74. The normalized spacial score (nSPS) is 17.8. The van der Waals surface area contributed by atoms with E-state index >= 15 is 0 Å². The molecule has 0 amide bonds. The number of rotatable bonds is 5. The fourth-order valence-corrected chi connectivity index (χ4v) is 4.67. The molecule has 0 unspecified atom stereocenters. The zero-order valence-electron chi connectivity index (χ0n) is 12.5. The highest BCUT2D eigenvalue weighted by molar-refractivity contribution is 7.89. The molecule has 5 heteroatoms. The molecular formula is C15H24N2O2S. The molecule has 1 saturated carbocycles. The number of nitrogens with one attached hydrogen (secondary N) is 1. The molecule has 4 nitrogen and oxygen atoms in total. The summed E-state index contributed by atoms with van der Waals surface area (Å²) in [6.07, 6.45) is 4.46. The van der Waals surface area contributed by atoms with Crippen LogP contribution in [0.15, 0.2) is 17.0 Å². The van der Waals surface area contributed by atoms with Crippen molar-refractivity contribution in [3.05, 3.63) is 23.3 Å². The van der Waals surface area contributed by atoms with Crippen LogP contribution in [0.4, 0.5) is 5.69 Å². The number of anilines is 1. The van der Waals surface area contributed by atoms with Gasteiger partial charge in [-0.15, -0.1) is 0 Å². The van der Waals surface area contributed by atoms with E-state index in [-0.39, 0.29) is 5.41 Å². The Hall–Kier alpha value is -1.07. The smallest absolute Gasteiger partial charge is 0.241 e. The molecule has 0 spiro atoms. The fraction of sp³-hybridized carbons (Fsp3) is 0.600. The third-order valence-corrected chi connectivity index (χ3v) is 6.26. The molecule has 20 heavy (non-hydrogen) atoms. The molecule has 0 heterocycles. The minimum Gasteiger partial charge on any atom is -0.399 e. The first-order valence-corrected chi connectivity index (χ1v) is 8.64. The Morgan fingerprint density at radius 3 is 2.20 bits per heavy atom. The first-order valence-electron chi connectivity index (χ1n) is 7.16. The second kappa shape index (κ2) is 5.37. The Morgan fingerprint density at radius 2 is 1.80 bits per heavy atom. The van der Waals surface area contributed by atoms with Crippen molar-refractivity contribution in [1.29, 1.82) is 0 Å². The zero-order chi connectivity index (χ0) is 15.0. The summed E-state index contributed by atoms with van der Waals surface area (Å²) in [5.41, 5.74) is 7.93. The summed E-state index contributed by atoms with van der Waals surface area (Å²) < 4.78 is 27.9. The first-order chi connectivity index (χ1) is 9.30. The van der Waals surface area contributed by atoms with E-state index in [1.54, 1.807) is 26.0 Å². The van der Waals surface area contributed by atoms with E-state index in [2.05, 4.69) is 11.6 Å². The maximum atomic E-state index is 12.5. The number of benzene rings is 1. The van der Waals surface area contributed by atoms with Crippen molar-refractivity contribution in [2.75, 3.05) is 12.3 Å². The summed E-state index contributed by atoms with van der Waals surface area (Å²) in [5, 5.41) is 0. The minimum atomic E-state index is -3.46. The molecule has 0 saturated heterocycles. The van der Waals surface area contributed by atoms with Crippen molar-refractivity contribution in [3.8, 4) is 0 Å². The fourth-order valence-electron chi connectivity index (χ4n) is 3.06. The Balaban J connectivity index is 2.23. The van der Waals surface area contributed by atoms with Crippen LogP contribution >= 0.6 is 0 Å². The maximum absolute atomic E-state index is 12.5. The Bertz CT molecular complexity index is 576. The van der Waals surface area contributed by atoms with Gasteiger partial charge >= 0.3 is 0 Å². The van der Waals surface area contributed by atoms with Crippen molar-refractivity contribution in [3.63, 3.8) is 0 Å². The van der Waals surface area contributed by atoms with Gasteiger partial charge in [-0.1, -0.05) is 13.3 Å². The molecule has 2 rings (SSSR count). The van der Waals surface area contributed by atoms with Crippen LogP contribution in [0.1, 0.15) is 43.7 Å². The molecule has 1 aliphatic carbocycles. The number of hydrogen-bond acceptors (Lipinski definition) is 3. The Kier molecular flexibility index (Phi) is 4.12. The summed E-state index contributed by atoms with van der Waals surface area (Å²) in [5.74, 6) is 0. The maximum Gasteiger partial charge on any atom is 0.241 e. The van der Waals surface area contributed by atoms with Gasteiger partial charge in [-0.3, -0.25) is 0 Å². The Morgan fingerprint density at radius 1 is 1.25 bits per heavy atom. The van der Waals surface area contributed by atoms with Crippen LogP contribution < -0.4 is 10.5 Å². The van der Waals surface area contributed by atoms with E-state index in [0.29, 0.717) is 28.3 Å². The summed E-state index contributed by atoms with van der Waals surface area (Å²) in [7, 11) is -3.46. The summed E-state index contributed by atoms with van der Waals surface area (Å²) in [6.45, 7) is 6.25. The Labute approximate surface area is 121 Å². The lowest BCUT2D eigenvalue weighted by Crippen LogP contribution is -2.41. The highest BCUT2D eigenvalue weighted by Gasteiger charge is 2.36. The molecule has 1 fully saturated rings. The molecule has 0 aromatic heterocycles. The molecule has 1 aromatic rings. The highest BCUT2D eigenvalue weighted by Crippen LogP contribution is 2.43. The van der Waals surface area contributed by atoms with Gasteiger partial charge in [0.25, 0.3) is 0 Å². The monoisotopic (exact) mass is 296 g/mol. The predicted molar refractivity (Wildman–Crippen MR) is 82.1 cm³/mol. The second-order valence-corrected chi connectivity index (χ2v) is 7.72. The third kappa shape index (κ3) is 2.83. The van der Waals surface area contributed by atoms with Gasteiger partial charge in [-0.05, 0) is 61.8 Å². The van der Waals surface area contributed by atoms with Crippen LogP contribution in [0.3, 0.4) is 0 Å². The molecular weight excluding hydrogens is 272 g/mol. The van der Waals surface area contributed by atoms with E-state index < -0.39 is 10.0 Å². The molecule has 112 valence electrons. The average Bonchev–Trinajstić information content (AvgIpc) is 2.25. The van der Waals surface area contributed by atoms with Gasteiger partial charge in [0.15, 0.2) is 0 Å². The molecule has 1 aromatic carbocycles. The lowest BCUT2D eigenvalue weighted by Gasteiger charge is -2.41. The summed E-state index contributed by atoms with van der Waals surface area (Å²) >= 11 is 0. The first kappa shape index (κ1) is 15.3. The lowest BCUT2D eigenvalue weighted by molar-refractivity contribution is 0.133. The third-order valence-electron chi connectivity index (χ3n) is 4.55. The van der Waals surface area contributed by atoms with E-state index in [9.17, 15) is 8.42 Å². The van der Waals surface area contributed by atoms with Gasteiger partial charge in [0, 0.05) is 12.2 Å². The molecule has 0 aliphatic heterocycles. The van der Waals surface area contributed by atoms with Gasteiger partial charge in [0.1, 0.15) is 0 Å². The topological polar surface area (TPSA) is 72.2 Å². The standard InChI is InChI=1S/C15H24N2O2S/c1-4-15(6-5-7-15)10-17-20(18,19)14-11(2)8-13(16)9-12(14)3/h8-9,17H,4-7,10,16H2,1-3H3. The number of nitrogens with two attached hydrogens (primary N) is 1. The van der Waals surface area contributed by atoms with Crippen LogP contribution in [0.25, 0.3) is 0 Å². The number of hydrogen-bond donors (Lipinski definition) is 2. The van der Waals surface area contributed by atoms with E-state index in [4.69, 9.17) is 5.73 Å². The number of sulfonamides is 1. The number of nitrogen functional groups attached to an aromatic ring is 1. The minimum absolute atomic E-state index is 0.169. The van der Waals surface area contributed by atoms with Crippen LogP contribution in [-0.2, 0) is 10.0 Å². The molecule has 1 aliphatic rings. The van der Waals surface area contributed by atoms with Crippen molar-refractivity contribution < 1.29 is 8.42 Å². The summed E-state index contributed by atoms with van der Waals surface area (Å²) in [6, 6.07) is 3.42. The highest BCUT2D eigenvalue weighted by atomic mass is 32.2. The molecule has 0 radical (unpaired) electrons. The molecule has 0 atom stereocenters. The quantitative estimate of drug-likeness (QED) is 0.821. The van der Waals surface area contributed by atoms with E-state index in [0.717, 1.165) is 19.3 Å². The van der Waals surface area contributed by atoms with Crippen molar-refractivity contribution >= 4 is 15.7 Å². The van der Waals surface area contributed by atoms with Crippen LogP contribution in [0.5, 0.6) is 0 Å². The largest absolute Gasteiger partial charge is 0.399 e. The number of aryl methyl sites for hydroxylation is 2. The van der Waals surface area contributed by atoms with Gasteiger partial charge < -0.3 is 5.73 Å². The van der Waals surface area contributed by atoms with Gasteiger partial charge in [0.05, 0.1) is 4.90 Å². The van der Waals surface area contributed by atoms with E-state index in [1.807, 2.05) is 0 Å². The van der Waals surface area contributed by atoms with Crippen molar-refractivity contribution in [1.82, 2.24) is 4.72 Å². The van der Waals surface area contributed by atoms with Crippen LogP contribution in [-0.4, -0.2) is 15.0 Å². The van der Waals surface area contributed by atoms with Gasteiger partial charge in [0.2, 0.25) is 10.0 Å². The van der Waals surface area contributed by atoms with Crippen LogP contribution in [0, 0.1) is 19.3 Å². The molecule has 0 bridgehead atoms. The van der Waals surface area contributed by atoms with Crippen molar-refractivity contribution in [2.45, 2.75) is 51.3 Å². The average molecular weight is 296 g/mol.